The van der Waals surface area contributed by atoms with E-state index in [9.17, 15) is 4.79 Å². The standard InChI is InChI=1S/C24H21N5O3.H2/c1-31-18-6-2-16(3-7-18)14-32-19-8-4-17(5-9-19)21-22(20-10-11-25-15-27-20)28-29-13-12-26-24(30)23(21)29;/h2-11,15H,12-14H2,1H3,(H,26,30);1H. The first-order chi connectivity index (χ1) is 15.7. The van der Waals surface area contributed by atoms with Gasteiger partial charge in [-0.25, -0.2) is 9.97 Å². The second-order valence-corrected chi connectivity index (χ2v) is 7.31. The normalized spacial score (nSPS) is 12.7. The molecule has 0 fully saturated rings. The summed E-state index contributed by atoms with van der Waals surface area (Å²) >= 11 is 0. The monoisotopic (exact) mass is 429 g/mol. The molecule has 0 unspecified atom stereocenters. The number of aromatic nitrogens is 4. The van der Waals surface area contributed by atoms with E-state index in [0.717, 1.165) is 28.2 Å². The van der Waals surface area contributed by atoms with Gasteiger partial charge in [0.2, 0.25) is 0 Å². The van der Waals surface area contributed by atoms with E-state index in [4.69, 9.17) is 9.47 Å². The minimum atomic E-state index is -0.140. The highest BCUT2D eigenvalue weighted by Gasteiger charge is 2.28. The molecule has 0 bridgehead atoms. The molecule has 4 aromatic rings. The van der Waals surface area contributed by atoms with Crippen LogP contribution in [0.3, 0.4) is 0 Å². The first-order valence-electron chi connectivity index (χ1n) is 10.2. The summed E-state index contributed by atoms with van der Waals surface area (Å²) in [6.45, 7) is 1.61. The van der Waals surface area contributed by atoms with Crippen molar-refractivity contribution in [3.63, 3.8) is 0 Å². The largest absolute Gasteiger partial charge is 0.497 e. The highest BCUT2D eigenvalue weighted by Crippen LogP contribution is 2.35. The Labute approximate surface area is 186 Å². The van der Waals surface area contributed by atoms with Crippen LogP contribution in [0.25, 0.3) is 22.5 Å². The average molecular weight is 429 g/mol. The molecular weight excluding hydrogens is 406 g/mol. The Morgan fingerprint density at radius 2 is 1.84 bits per heavy atom. The predicted molar refractivity (Wildman–Crippen MR) is 120 cm³/mol. The molecule has 5 rings (SSSR count). The molecule has 2 aromatic heterocycles. The molecule has 0 spiro atoms. The molecule has 1 aliphatic heterocycles. The molecule has 2 aromatic carbocycles. The molecule has 8 heteroatoms. The number of nitrogens with zero attached hydrogens (tertiary/aromatic N) is 4. The van der Waals surface area contributed by atoms with Crippen LogP contribution >= 0.6 is 0 Å². The number of nitrogens with one attached hydrogen (secondary N) is 1. The zero-order valence-electron chi connectivity index (χ0n) is 17.5. The molecule has 1 amide bonds. The minimum absolute atomic E-state index is 0. The van der Waals surface area contributed by atoms with Crippen LogP contribution in [-0.4, -0.2) is 39.3 Å². The Balaban J connectivity index is 0.00000259. The van der Waals surface area contributed by atoms with Gasteiger partial charge in [-0.1, -0.05) is 24.3 Å². The number of ether oxygens (including phenoxy) is 2. The quantitative estimate of drug-likeness (QED) is 0.504. The van der Waals surface area contributed by atoms with Crippen LogP contribution in [0.2, 0.25) is 0 Å². The average Bonchev–Trinajstić information content (AvgIpc) is 3.25. The van der Waals surface area contributed by atoms with Crippen LogP contribution in [0.15, 0.2) is 67.1 Å². The second-order valence-electron chi connectivity index (χ2n) is 7.31. The Kier molecular flexibility index (Phi) is 5.25. The number of amides is 1. The number of fused-ring (bicyclic) bond motifs is 1. The molecule has 0 radical (unpaired) electrons. The van der Waals surface area contributed by atoms with Crippen LogP contribution in [0.5, 0.6) is 11.5 Å². The van der Waals surface area contributed by atoms with Gasteiger partial charge in [0, 0.05) is 19.7 Å². The summed E-state index contributed by atoms with van der Waals surface area (Å²) < 4.78 is 12.9. The first kappa shape index (κ1) is 19.7. The number of carbonyl (C=O) groups is 1. The van der Waals surface area contributed by atoms with Crippen LogP contribution in [0.4, 0.5) is 0 Å². The van der Waals surface area contributed by atoms with Crippen molar-refractivity contribution in [3.8, 4) is 34.0 Å². The van der Waals surface area contributed by atoms with E-state index in [1.807, 2.05) is 48.5 Å². The van der Waals surface area contributed by atoms with Gasteiger partial charge >= 0.3 is 0 Å². The van der Waals surface area contributed by atoms with E-state index in [1.165, 1.54) is 6.33 Å². The number of benzene rings is 2. The van der Waals surface area contributed by atoms with E-state index >= 15 is 0 Å². The number of rotatable bonds is 6. The summed E-state index contributed by atoms with van der Waals surface area (Å²) in [6.07, 6.45) is 3.15. The van der Waals surface area contributed by atoms with Crippen molar-refractivity contribution in [1.82, 2.24) is 25.1 Å². The van der Waals surface area contributed by atoms with E-state index in [-0.39, 0.29) is 7.33 Å². The van der Waals surface area contributed by atoms with Crippen molar-refractivity contribution in [2.75, 3.05) is 13.7 Å². The predicted octanol–water partition coefficient (Wildman–Crippen LogP) is 3.58. The van der Waals surface area contributed by atoms with Gasteiger partial charge in [0.05, 0.1) is 19.3 Å². The van der Waals surface area contributed by atoms with Gasteiger partial charge < -0.3 is 14.8 Å². The summed E-state index contributed by atoms with van der Waals surface area (Å²) in [4.78, 5) is 21.0. The molecule has 32 heavy (non-hydrogen) atoms. The Bertz CT molecular complexity index is 1240. The molecule has 1 aliphatic rings. The number of carbonyl (C=O) groups excluding carboxylic acids is 1. The van der Waals surface area contributed by atoms with Crippen molar-refractivity contribution >= 4 is 5.91 Å². The van der Waals surface area contributed by atoms with Crippen LogP contribution < -0.4 is 14.8 Å². The molecule has 1 N–H and O–H groups in total. The van der Waals surface area contributed by atoms with E-state index in [2.05, 4.69) is 20.4 Å². The second kappa shape index (κ2) is 8.50. The molecule has 162 valence electrons. The SMILES string of the molecule is COc1ccc(COc2ccc(-c3c(-c4ccncn4)nn4c3C(=O)NCC4)cc2)cc1.[HH]. The van der Waals surface area contributed by atoms with Crippen LogP contribution in [0, 0.1) is 0 Å². The number of methoxy groups -OCH3 is 1. The van der Waals surface area contributed by atoms with Crippen molar-refractivity contribution in [1.29, 1.82) is 0 Å². The highest BCUT2D eigenvalue weighted by molar-refractivity contribution is 6.03. The maximum Gasteiger partial charge on any atom is 0.270 e. The zero-order valence-corrected chi connectivity index (χ0v) is 17.5. The van der Waals surface area contributed by atoms with Gasteiger partial charge in [0.25, 0.3) is 5.91 Å². The lowest BCUT2D eigenvalue weighted by Crippen LogP contribution is -2.35. The van der Waals surface area contributed by atoms with E-state index in [0.29, 0.717) is 36.8 Å². The molecule has 0 aliphatic carbocycles. The fourth-order valence-electron chi connectivity index (χ4n) is 3.70. The van der Waals surface area contributed by atoms with E-state index in [1.54, 1.807) is 24.1 Å². The van der Waals surface area contributed by atoms with E-state index < -0.39 is 0 Å². The number of hydrogen-bond acceptors (Lipinski definition) is 6. The van der Waals surface area contributed by atoms with Crippen molar-refractivity contribution in [2.45, 2.75) is 13.2 Å². The molecular formula is C24H23N5O3. The third kappa shape index (κ3) is 3.78. The zero-order chi connectivity index (χ0) is 21.9. The van der Waals surface area contributed by atoms with Gasteiger partial charge in [-0.2, -0.15) is 5.10 Å². The number of hydrogen-bond donors (Lipinski definition) is 1. The van der Waals surface area contributed by atoms with Gasteiger partial charge in [0.15, 0.2) is 0 Å². The Hall–Kier alpha value is -4.20. The topological polar surface area (TPSA) is 91.2 Å². The summed E-state index contributed by atoms with van der Waals surface area (Å²) in [7, 11) is 1.64. The fourth-order valence-corrected chi connectivity index (χ4v) is 3.70. The minimum Gasteiger partial charge on any atom is -0.497 e. The highest BCUT2D eigenvalue weighted by atomic mass is 16.5. The maximum atomic E-state index is 12.7. The summed E-state index contributed by atoms with van der Waals surface area (Å²) in [5.41, 5.74) is 4.53. The van der Waals surface area contributed by atoms with Gasteiger partial charge in [-0.3, -0.25) is 9.48 Å². The summed E-state index contributed by atoms with van der Waals surface area (Å²) in [5.74, 6) is 1.41. The first-order valence-corrected chi connectivity index (χ1v) is 10.2. The van der Waals surface area contributed by atoms with Crippen molar-refractivity contribution in [3.05, 3.63) is 78.4 Å². The summed E-state index contributed by atoms with van der Waals surface area (Å²) in [5, 5.41) is 7.59. The van der Waals surface area contributed by atoms with Crippen LogP contribution in [0.1, 0.15) is 17.5 Å². The fraction of sp³-hybridized carbons (Fsp3) is 0.167. The lowest BCUT2D eigenvalue weighted by molar-refractivity contribution is 0.0925. The summed E-state index contributed by atoms with van der Waals surface area (Å²) in [6, 6.07) is 17.2. The molecule has 3 heterocycles. The van der Waals surface area contributed by atoms with Crippen molar-refractivity contribution in [2.24, 2.45) is 0 Å². The van der Waals surface area contributed by atoms with Crippen molar-refractivity contribution < 1.29 is 15.7 Å². The van der Waals surface area contributed by atoms with Gasteiger partial charge in [-0.15, -0.1) is 0 Å². The molecule has 0 saturated heterocycles. The Morgan fingerprint density at radius 1 is 1.06 bits per heavy atom. The third-order valence-electron chi connectivity index (χ3n) is 5.31. The lowest BCUT2D eigenvalue weighted by atomic mass is 10.00. The smallest absolute Gasteiger partial charge is 0.270 e. The van der Waals surface area contributed by atoms with Gasteiger partial charge in [0.1, 0.15) is 35.8 Å². The third-order valence-corrected chi connectivity index (χ3v) is 5.31. The molecule has 0 saturated carbocycles. The molecule has 0 atom stereocenters. The maximum absolute atomic E-state index is 12.7. The van der Waals surface area contributed by atoms with Gasteiger partial charge in [-0.05, 0) is 41.5 Å². The van der Waals surface area contributed by atoms with Crippen LogP contribution in [-0.2, 0) is 13.2 Å². The lowest BCUT2D eigenvalue weighted by Gasteiger charge is -2.15. The molecule has 8 nitrogen and oxygen atoms in total. The Morgan fingerprint density at radius 3 is 2.56 bits per heavy atom.